The van der Waals surface area contributed by atoms with Crippen LogP contribution in [0.3, 0.4) is 0 Å². The Balaban J connectivity index is 3.46. The molecule has 0 saturated carbocycles. The predicted octanol–water partition coefficient (Wildman–Crippen LogP) is 0.938. The number of nitrogens with zero attached hydrogens (tertiary/aromatic N) is 1. The molecule has 3 heteroatoms. The molecule has 0 aliphatic rings. The fraction of sp³-hybridized carbons (Fsp3) is 1.00. The lowest BCUT2D eigenvalue weighted by atomic mass is 10.2. The second kappa shape index (κ2) is 7.30. The Morgan fingerprint density at radius 1 is 1.31 bits per heavy atom. The van der Waals surface area contributed by atoms with Gasteiger partial charge in [-0.3, -0.25) is 0 Å². The summed E-state index contributed by atoms with van der Waals surface area (Å²) in [6.45, 7) is 7.27. The van der Waals surface area contributed by atoms with Gasteiger partial charge in [0.2, 0.25) is 0 Å². The fourth-order valence-electron chi connectivity index (χ4n) is 1.46. The van der Waals surface area contributed by atoms with Gasteiger partial charge in [0, 0.05) is 32.8 Å². The molecule has 13 heavy (non-hydrogen) atoms. The molecule has 0 radical (unpaired) electrons. The highest BCUT2D eigenvalue weighted by atomic mass is 16.5. The van der Waals surface area contributed by atoms with Crippen LogP contribution < -0.4 is 5.73 Å². The smallest absolute Gasteiger partial charge is 0.0477 e. The molecule has 0 amide bonds. The highest BCUT2D eigenvalue weighted by Gasteiger charge is 2.07. The maximum Gasteiger partial charge on any atom is 0.0477 e. The Hall–Kier alpha value is -0.120. The SMILES string of the molecule is COCCC(N)CN(C)CC(C)C. The molecule has 1 atom stereocenters. The van der Waals surface area contributed by atoms with Crippen LogP contribution in [0.2, 0.25) is 0 Å². The molecular formula is C10H24N2O. The monoisotopic (exact) mass is 188 g/mol. The number of hydrogen-bond donors (Lipinski definition) is 1. The maximum absolute atomic E-state index is 5.91. The van der Waals surface area contributed by atoms with Gasteiger partial charge in [0.15, 0.2) is 0 Å². The van der Waals surface area contributed by atoms with Crippen LogP contribution in [0.5, 0.6) is 0 Å². The lowest BCUT2D eigenvalue weighted by molar-refractivity contribution is 0.177. The van der Waals surface area contributed by atoms with Crippen molar-refractivity contribution < 1.29 is 4.74 Å². The zero-order chi connectivity index (χ0) is 10.3. The quantitative estimate of drug-likeness (QED) is 0.646. The third kappa shape index (κ3) is 8.22. The van der Waals surface area contributed by atoms with E-state index in [-0.39, 0.29) is 6.04 Å². The van der Waals surface area contributed by atoms with E-state index in [0.717, 1.165) is 26.1 Å². The molecular weight excluding hydrogens is 164 g/mol. The molecule has 0 bridgehead atoms. The van der Waals surface area contributed by atoms with Crippen LogP contribution in [-0.4, -0.2) is 44.8 Å². The second-order valence-electron chi connectivity index (χ2n) is 4.16. The summed E-state index contributed by atoms with van der Waals surface area (Å²) in [6, 6.07) is 0.240. The number of ether oxygens (including phenoxy) is 1. The van der Waals surface area contributed by atoms with E-state index in [2.05, 4.69) is 25.8 Å². The van der Waals surface area contributed by atoms with Gasteiger partial charge in [-0.2, -0.15) is 0 Å². The molecule has 0 saturated heterocycles. The zero-order valence-electron chi connectivity index (χ0n) is 9.42. The first-order valence-electron chi connectivity index (χ1n) is 4.99. The molecule has 0 aromatic carbocycles. The van der Waals surface area contributed by atoms with E-state index in [0.29, 0.717) is 5.92 Å². The van der Waals surface area contributed by atoms with E-state index in [1.807, 2.05) is 0 Å². The van der Waals surface area contributed by atoms with Crippen LogP contribution in [0.25, 0.3) is 0 Å². The van der Waals surface area contributed by atoms with Crippen LogP contribution in [0.15, 0.2) is 0 Å². The van der Waals surface area contributed by atoms with Gasteiger partial charge in [0.25, 0.3) is 0 Å². The van der Waals surface area contributed by atoms with Crippen molar-refractivity contribution in [3.05, 3.63) is 0 Å². The van der Waals surface area contributed by atoms with Crippen molar-refractivity contribution in [2.75, 3.05) is 33.9 Å². The number of likely N-dealkylation sites (N-methyl/N-ethyl adjacent to an activating group) is 1. The predicted molar refractivity (Wildman–Crippen MR) is 56.8 cm³/mol. The molecule has 0 aromatic heterocycles. The highest BCUT2D eigenvalue weighted by Crippen LogP contribution is 1.98. The summed E-state index contributed by atoms with van der Waals surface area (Å²) in [7, 11) is 3.83. The molecule has 0 rings (SSSR count). The molecule has 0 fully saturated rings. The summed E-state index contributed by atoms with van der Waals surface area (Å²) in [5.74, 6) is 0.708. The van der Waals surface area contributed by atoms with Crippen LogP contribution in [0, 0.1) is 5.92 Å². The zero-order valence-corrected chi connectivity index (χ0v) is 9.42. The van der Waals surface area contributed by atoms with Gasteiger partial charge in [-0.05, 0) is 19.4 Å². The average Bonchev–Trinajstić information content (AvgIpc) is 1.98. The van der Waals surface area contributed by atoms with Crippen LogP contribution in [0.1, 0.15) is 20.3 Å². The maximum atomic E-state index is 5.91. The Bertz CT molecular complexity index is 117. The fourth-order valence-corrected chi connectivity index (χ4v) is 1.46. The van der Waals surface area contributed by atoms with Gasteiger partial charge in [-0.1, -0.05) is 13.8 Å². The summed E-state index contributed by atoms with van der Waals surface area (Å²) < 4.78 is 4.98. The molecule has 0 spiro atoms. The Morgan fingerprint density at radius 3 is 2.38 bits per heavy atom. The van der Waals surface area contributed by atoms with Crippen molar-refractivity contribution in [2.24, 2.45) is 11.7 Å². The van der Waals surface area contributed by atoms with Gasteiger partial charge in [-0.15, -0.1) is 0 Å². The third-order valence-electron chi connectivity index (χ3n) is 1.92. The first kappa shape index (κ1) is 12.9. The molecule has 1 unspecified atom stereocenters. The van der Waals surface area contributed by atoms with Gasteiger partial charge in [0.1, 0.15) is 0 Å². The van der Waals surface area contributed by atoms with Crippen molar-refractivity contribution in [1.82, 2.24) is 4.90 Å². The topological polar surface area (TPSA) is 38.5 Å². The largest absolute Gasteiger partial charge is 0.385 e. The summed E-state index contributed by atoms with van der Waals surface area (Å²) in [5.41, 5.74) is 5.91. The van der Waals surface area contributed by atoms with Crippen LogP contribution >= 0.6 is 0 Å². The lowest BCUT2D eigenvalue weighted by Crippen LogP contribution is -2.37. The lowest BCUT2D eigenvalue weighted by Gasteiger charge is -2.22. The van der Waals surface area contributed by atoms with Crippen molar-refractivity contribution in [3.63, 3.8) is 0 Å². The van der Waals surface area contributed by atoms with E-state index in [4.69, 9.17) is 10.5 Å². The van der Waals surface area contributed by atoms with Gasteiger partial charge < -0.3 is 15.4 Å². The first-order valence-corrected chi connectivity index (χ1v) is 4.99. The molecule has 0 aliphatic carbocycles. The Morgan fingerprint density at radius 2 is 1.92 bits per heavy atom. The first-order chi connectivity index (χ1) is 6.06. The summed E-state index contributed by atoms with van der Waals surface area (Å²) in [5, 5.41) is 0. The van der Waals surface area contributed by atoms with Crippen LogP contribution in [0.4, 0.5) is 0 Å². The highest BCUT2D eigenvalue weighted by molar-refractivity contribution is 4.66. The summed E-state index contributed by atoms with van der Waals surface area (Å²) in [6.07, 6.45) is 0.943. The van der Waals surface area contributed by atoms with Gasteiger partial charge >= 0.3 is 0 Å². The molecule has 80 valence electrons. The molecule has 0 aromatic rings. The van der Waals surface area contributed by atoms with Gasteiger partial charge in [-0.25, -0.2) is 0 Å². The molecule has 3 nitrogen and oxygen atoms in total. The van der Waals surface area contributed by atoms with E-state index < -0.39 is 0 Å². The second-order valence-corrected chi connectivity index (χ2v) is 4.16. The average molecular weight is 188 g/mol. The number of rotatable bonds is 7. The normalized spacial score (nSPS) is 14.1. The van der Waals surface area contributed by atoms with Gasteiger partial charge in [0.05, 0.1) is 0 Å². The van der Waals surface area contributed by atoms with Crippen molar-refractivity contribution in [3.8, 4) is 0 Å². The minimum atomic E-state index is 0.240. The van der Waals surface area contributed by atoms with E-state index in [1.54, 1.807) is 7.11 Å². The summed E-state index contributed by atoms with van der Waals surface area (Å²) in [4.78, 5) is 2.28. The number of nitrogens with two attached hydrogens (primary N) is 1. The Kier molecular flexibility index (Phi) is 7.23. The molecule has 2 N–H and O–H groups in total. The van der Waals surface area contributed by atoms with Crippen LogP contribution in [-0.2, 0) is 4.74 Å². The third-order valence-corrected chi connectivity index (χ3v) is 1.92. The Labute approximate surface area is 82.2 Å². The minimum absolute atomic E-state index is 0.240. The van der Waals surface area contributed by atoms with E-state index >= 15 is 0 Å². The van der Waals surface area contributed by atoms with E-state index in [1.165, 1.54) is 0 Å². The molecule has 0 aliphatic heterocycles. The molecule has 0 heterocycles. The van der Waals surface area contributed by atoms with Crippen molar-refractivity contribution >= 4 is 0 Å². The minimum Gasteiger partial charge on any atom is -0.385 e. The van der Waals surface area contributed by atoms with Crippen molar-refractivity contribution in [1.29, 1.82) is 0 Å². The number of hydrogen-bond acceptors (Lipinski definition) is 3. The van der Waals surface area contributed by atoms with Crippen molar-refractivity contribution in [2.45, 2.75) is 26.3 Å². The van der Waals surface area contributed by atoms with E-state index in [9.17, 15) is 0 Å². The standard InChI is InChI=1S/C10H24N2O/c1-9(2)7-12(3)8-10(11)5-6-13-4/h9-10H,5-8,11H2,1-4H3. The summed E-state index contributed by atoms with van der Waals surface area (Å²) >= 11 is 0. The number of methoxy groups -OCH3 is 1.